The molecule has 1 fully saturated rings. The van der Waals surface area contributed by atoms with E-state index in [1.165, 1.54) is 23.4 Å². The summed E-state index contributed by atoms with van der Waals surface area (Å²) in [5.74, 6) is 0. The molecule has 0 amide bonds. The van der Waals surface area contributed by atoms with E-state index in [1.54, 1.807) is 12.1 Å². The third-order valence-electron chi connectivity index (χ3n) is 5.01. The van der Waals surface area contributed by atoms with Gasteiger partial charge in [-0.15, -0.1) is 0 Å². The number of benzene rings is 1. The standard InChI is InChI=1S/C18H24N6O2S/c1-13-17(14(2)21(3)20-13)12-22-7-9-23(10-8-22)18(27)19-15-5-4-6-16(11-15)24(25)26/h4-6,11H,7-10,12H2,1-3H3,(H,19,27). The zero-order valence-corrected chi connectivity index (χ0v) is 16.6. The Bertz CT molecular complexity index is 858. The molecule has 144 valence electrons. The van der Waals surface area contributed by atoms with Gasteiger partial charge in [-0.2, -0.15) is 5.10 Å². The number of nitrogens with zero attached hydrogens (tertiary/aromatic N) is 5. The van der Waals surface area contributed by atoms with Gasteiger partial charge in [-0.05, 0) is 32.1 Å². The topological polar surface area (TPSA) is 79.5 Å². The van der Waals surface area contributed by atoms with Crippen molar-refractivity contribution in [3.05, 3.63) is 51.3 Å². The van der Waals surface area contributed by atoms with Crippen molar-refractivity contribution in [3.8, 4) is 0 Å². The average Bonchev–Trinajstić information content (AvgIpc) is 2.88. The van der Waals surface area contributed by atoms with Gasteiger partial charge in [0.15, 0.2) is 5.11 Å². The van der Waals surface area contributed by atoms with Crippen molar-refractivity contribution < 1.29 is 4.92 Å². The molecule has 0 bridgehead atoms. The molecule has 0 aliphatic carbocycles. The molecule has 1 saturated heterocycles. The fourth-order valence-corrected chi connectivity index (χ4v) is 3.58. The predicted molar refractivity (Wildman–Crippen MR) is 109 cm³/mol. The number of non-ortho nitro benzene ring substituents is 1. The van der Waals surface area contributed by atoms with Gasteiger partial charge >= 0.3 is 0 Å². The van der Waals surface area contributed by atoms with Gasteiger partial charge in [0.2, 0.25) is 0 Å². The van der Waals surface area contributed by atoms with Crippen molar-refractivity contribution >= 4 is 28.7 Å². The molecule has 27 heavy (non-hydrogen) atoms. The molecule has 1 aromatic heterocycles. The SMILES string of the molecule is Cc1nn(C)c(C)c1CN1CCN(C(=S)Nc2cccc([N+](=O)[O-])c2)CC1. The molecular formula is C18H24N6O2S. The number of rotatable bonds is 4. The minimum atomic E-state index is -0.407. The lowest BCUT2D eigenvalue weighted by Gasteiger charge is -2.36. The molecule has 0 atom stereocenters. The Balaban J connectivity index is 1.55. The van der Waals surface area contributed by atoms with Crippen LogP contribution in [0, 0.1) is 24.0 Å². The second-order valence-electron chi connectivity index (χ2n) is 6.77. The van der Waals surface area contributed by atoms with E-state index in [-0.39, 0.29) is 5.69 Å². The normalized spacial score (nSPS) is 15.0. The van der Waals surface area contributed by atoms with Crippen LogP contribution < -0.4 is 5.32 Å². The highest BCUT2D eigenvalue weighted by atomic mass is 32.1. The minimum Gasteiger partial charge on any atom is -0.346 e. The van der Waals surface area contributed by atoms with Crippen LogP contribution in [0.2, 0.25) is 0 Å². The van der Waals surface area contributed by atoms with E-state index >= 15 is 0 Å². The van der Waals surface area contributed by atoms with Crippen molar-refractivity contribution in [1.29, 1.82) is 0 Å². The van der Waals surface area contributed by atoms with Gasteiger partial charge in [0, 0.05) is 68.8 Å². The summed E-state index contributed by atoms with van der Waals surface area (Å²) in [6.07, 6.45) is 0. The van der Waals surface area contributed by atoms with E-state index < -0.39 is 4.92 Å². The Morgan fingerprint density at radius 3 is 2.59 bits per heavy atom. The van der Waals surface area contributed by atoms with Crippen molar-refractivity contribution in [1.82, 2.24) is 19.6 Å². The summed E-state index contributed by atoms with van der Waals surface area (Å²) in [6.45, 7) is 8.50. The summed E-state index contributed by atoms with van der Waals surface area (Å²) in [5, 5.41) is 19.1. The Kier molecular flexibility index (Phi) is 5.71. The molecule has 1 aliphatic rings. The van der Waals surface area contributed by atoms with Crippen LogP contribution in [-0.4, -0.2) is 55.8 Å². The van der Waals surface area contributed by atoms with Crippen LogP contribution in [0.15, 0.2) is 24.3 Å². The van der Waals surface area contributed by atoms with Gasteiger partial charge in [-0.25, -0.2) is 0 Å². The first kappa shape index (κ1) is 19.2. The molecule has 9 heteroatoms. The first-order valence-corrected chi connectivity index (χ1v) is 9.28. The lowest BCUT2D eigenvalue weighted by Crippen LogP contribution is -2.49. The van der Waals surface area contributed by atoms with Crippen LogP contribution in [0.3, 0.4) is 0 Å². The smallest absolute Gasteiger partial charge is 0.271 e. The van der Waals surface area contributed by atoms with Gasteiger partial charge in [-0.1, -0.05) is 6.07 Å². The molecule has 2 aromatic rings. The minimum absolute atomic E-state index is 0.0508. The van der Waals surface area contributed by atoms with Crippen molar-refractivity contribution in [3.63, 3.8) is 0 Å². The highest BCUT2D eigenvalue weighted by Crippen LogP contribution is 2.19. The van der Waals surface area contributed by atoms with Crippen LogP contribution in [0.5, 0.6) is 0 Å². The van der Waals surface area contributed by atoms with E-state index in [0.717, 1.165) is 38.4 Å². The molecule has 3 rings (SSSR count). The Morgan fingerprint density at radius 1 is 1.30 bits per heavy atom. The van der Waals surface area contributed by atoms with Crippen LogP contribution >= 0.6 is 12.2 Å². The second kappa shape index (κ2) is 8.01. The monoisotopic (exact) mass is 388 g/mol. The van der Waals surface area contributed by atoms with E-state index in [2.05, 4.69) is 34.1 Å². The number of thiocarbonyl (C=S) groups is 1. The summed E-state index contributed by atoms with van der Waals surface area (Å²) in [4.78, 5) is 15.0. The summed E-state index contributed by atoms with van der Waals surface area (Å²) >= 11 is 5.49. The molecule has 0 spiro atoms. The first-order chi connectivity index (χ1) is 12.8. The lowest BCUT2D eigenvalue weighted by molar-refractivity contribution is -0.384. The summed E-state index contributed by atoms with van der Waals surface area (Å²) in [5.41, 5.74) is 4.27. The summed E-state index contributed by atoms with van der Waals surface area (Å²) < 4.78 is 1.93. The molecule has 0 saturated carbocycles. The number of hydrogen-bond acceptors (Lipinski definition) is 5. The van der Waals surface area contributed by atoms with Crippen LogP contribution in [0.25, 0.3) is 0 Å². The molecule has 8 nitrogen and oxygen atoms in total. The first-order valence-electron chi connectivity index (χ1n) is 8.87. The number of hydrogen-bond donors (Lipinski definition) is 1. The van der Waals surface area contributed by atoms with Gasteiger partial charge in [0.1, 0.15) is 0 Å². The molecule has 0 radical (unpaired) electrons. The zero-order valence-electron chi connectivity index (χ0n) is 15.8. The molecular weight excluding hydrogens is 364 g/mol. The van der Waals surface area contributed by atoms with E-state index in [0.29, 0.717) is 10.8 Å². The van der Waals surface area contributed by atoms with Crippen LogP contribution in [-0.2, 0) is 13.6 Å². The number of aryl methyl sites for hydroxylation is 2. The maximum Gasteiger partial charge on any atom is 0.271 e. The Morgan fingerprint density at radius 2 is 2.00 bits per heavy atom. The Labute approximate surface area is 163 Å². The van der Waals surface area contributed by atoms with Crippen LogP contribution in [0.4, 0.5) is 11.4 Å². The quantitative estimate of drug-likeness (QED) is 0.490. The molecule has 1 aliphatic heterocycles. The number of piperazine rings is 1. The number of nitro groups is 1. The predicted octanol–water partition coefficient (Wildman–Crippen LogP) is 2.46. The molecule has 1 aromatic carbocycles. The van der Waals surface area contributed by atoms with E-state index in [9.17, 15) is 10.1 Å². The number of nitro benzene ring substituents is 1. The summed E-state index contributed by atoms with van der Waals surface area (Å²) in [6, 6.07) is 6.40. The maximum atomic E-state index is 10.9. The van der Waals surface area contributed by atoms with Gasteiger partial charge in [0.25, 0.3) is 5.69 Å². The average molecular weight is 388 g/mol. The maximum absolute atomic E-state index is 10.9. The van der Waals surface area contributed by atoms with Crippen molar-refractivity contribution in [2.45, 2.75) is 20.4 Å². The van der Waals surface area contributed by atoms with E-state index in [1.807, 2.05) is 11.7 Å². The molecule has 0 unspecified atom stereocenters. The Hall–Kier alpha value is -2.52. The third kappa shape index (κ3) is 4.42. The fourth-order valence-electron chi connectivity index (χ4n) is 3.28. The van der Waals surface area contributed by atoms with Crippen molar-refractivity contribution in [2.75, 3.05) is 31.5 Å². The van der Waals surface area contributed by atoms with E-state index in [4.69, 9.17) is 12.2 Å². The zero-order chi connectivity index (χ0) is 19.6. The summed E-state index contributed by atoms with van der Waals surface area (Å²) in [7, 11) is 1.97. The van der Waals surface area contributed by atoms with Crippen molar-refractivity contribution in [2.24, 2.45) is 7.05 Å². The second-order valence-corrected chi connectivity index (χ2v) is 7.16. The lowest BCUT2D eigenvalue weighted by atomic mass is 10.1. The van der Waals surface area contributed by atoms with Gasteiger partial charge in [0.05, 0.1) is 10.6 Å². The number of anilines is 1. The largest absolute Gasteiger partial charge is 0.346 e. The molecule has 2 heterocycles. The molecule has 1 N–H and O–H groups in total. The highest BCUT2D eigenvalue weighted by molar-refractivity contribution is 7.80. The highest BCUT2D eigenvalue weighted by Gasteiger charge is 2.21. The fraction of sp³-hybridized carbons (Fsp3) is 0.444. The van der Waals surface area contributed by atoms with Gasteiger partial charge < -0.3 is 10.2 Å². The third-order valence-corrected chi connectivity index (χ3v) is 5.37. The number of nitrogens with one attached hydrogen (secondary N) is 1. The van der Waals surface area contributed by atoms with Crippen LogP contribution in [0.1, 0.15) is 17.0 Å². The van der Waals surface area contributed by atoms with Gasteiger partial charge in [-0.3, -0.25) is 19.7 Å². The number of aromatic nitrogens is 2.